The fourth-order valence-corrected chi connectivity index (χ4v) is 3.89. The van der Waals surface area contributed by atoms with Crippen molar-refractivity contribution in [3.05, 3.63) is 56.0 Å². The number of hydrogen-bond acceptors (Lipinski definition) is 4. The minimum atomic E-state index is -0.920. The van der Waals surface area contributed by atoms with Crippen molar-refractivity contribution in [1.82, 2.24) is 0 Å². The average Bonchev–Trinajstić information content (AvgIpc) is 2.60. The van der Waals surface area contributed by atoms with Crippen LogP contribution in [0.5, 0.6) is 5.75 Å². The number of nitrogens with zero attached hydrogens (tertiary/aromatic N) is 1. The summed E-state index contributed by atoms with van der Waals surface area (Å²) in [6.07, 6.45) is -0.0966. The third-order valence-electron chi connectivity index (χ3n) is 3.71. The largest absolute Gasteiger partial charge is 0.487 e. The molecule has 0 saturated carbocycles. The highest BCUT2D eigenvalue weighted by Gasteiger charge is 2.13. The SMILES string of the molecule is CC(C)C(=O)Nc1cc(C#N)cc(COc2c(Br)cc(CC(=O)O)cc2Br)c1. The quantitative estimate of drug-likeness (QED) is 0.553. The zero-order valence-electron chi connectivity index (χ0n) is 15.3. The van der Waals surface area contributed by atoms with Crippen molar-refractivity contribution in [3.63, 3.8) is 0 Å². The van der Waals surface area contributed by atoms with Crippen molar-refractivity contribution in [3.8, 4) is 11.8 Å². The van der Waals surface area contributed by atoms with Crippen LogP contribution >= 0.6 is 31.9 Å². The number of carboxylic acids is 1. The van der Waals surface area contributed by atoms with Crippen molar-refractivity contribution in [1.29, 1.82) is 5.26 Å². The van der Waals surface area contributed by atoms with Crippen LogP contribution in [0.25, 0.3) is 0 Å². The molecule has 0 atom stereocenters. The van der Waals surface area contributed by atoms with Gasteiger partial charge < -0.3 is 15.2 Å². The Morgan fingerprint density at radius 2 is 1.79 bits per heavy atom. The van der Waals surface area contributed by atoms with Gasteiger partial charge in [0.1, 0.15) is 12.4 Å². The van der Waals surface area contributed by atoms with Gasteiger partial charge in [0.15, 0.2) is 0 Å². The predicted octanol–water partition coefficient (Wildman–Crippen LogP) is 4.88. The van der Waals surface area contributed by atoms with E-state index in [1.807, 2.05) is 0 Å². The van der Waals surface area contributed by atoms with E-state index in [1.54, 1.807) is 44.2 Å². The number of benzene rings is 2. The lowest BCUT2D eigenvalue weighted by atomic mass is 10.1. The normalized spacial score (nSPS) is 10.4. The molecule has 146 valence electrons. The molecule has 0 unspecified atom stereocenters. The number of carbonyl (C=O) groups is 2. The number of aliphatic carboxylic acids is 1. The Morgan fingerprint density at radius 1 is 1.14 bits per heavy atom. The standard InChI is InChI=1S/C20H18Br2N2O4/c1-11(2)20(27)24-15-4-13(9-23)3-14(5-15)10-28-19-16(21)6-12(7-17(19)22)8-18(25)26/h3-7,11H,8,10H2,1-2H3,(H,24,27)(H,25,26). The van der Waals surface area contributed by atoms with Crippen LogP contribution in [0, 0.1) is 17.2 Å². The highest BCUT2D eigenvalue weighted by molar-refractivity contribution is 9.11. The van der Waals surface area contributed by atoms with Gasteiger partial charge in [0, 0.05) is 11.6 Å². The number of carbonyl (C=O) groups excluding carboxylic acids is 1. The van der Waals surface area contributed by atoms with E-state index in [1.165, 1.54) is 0 Å². The van der Waals surface area contributed by atoms with Crippen molar-refractivity contribution < 1.29 is 19.4 Å². The van der Waals surface area contributed by atoms with E-state index in [0.29, 0.717) is 37.1 Å². The lowest BCUT2D eigenvalue weighted by Crippen LogP contribution is -2.18. The fourth-order valence-electron chi connectivity index (χ4n) is 2.38. The first-order chi connectivity index (χ1) is 13.2. The van der Waals surface area contributed by atoms with Gasteiger partial charge >= 0.3 is 5.97 Å². The van der Waals surface area contributed by atoms with Crippen LogP contribution in [0.3, 0.4) is 0 Å². The molecule has 28 heavy (non-hydrogen) atoms. The second-order valence-corrected chi connectivity index (χ2v) is 8.13. The molecule has 0 aliphatic heterocycles. The summed E-state index contributed by atoms with van der Waals surface area (Å²) in [5, 5.41) is 20.9. The molecule has 0 aromatic heterocycles. The monoisotopic (exact) mass is 508 g/mol. The Hall–Kier alpha value is -2.37. The topological polar surface area (TPSA) is 99.4 Å². The summed E-state index contributed by atoms with van der Waals surface area (Å²) < 4.78 is 7.08. The maximum absolute atomic E-state index is 11.9. The summed E-state index contributed by atoms with van der Waals surface area (Å²) in [7, 11) is 0. The predicted molar refractivity (Wildman–Crippen MR) is 112 cm³/mol. The summed E-state index contributed by atoms with van der Waals surface area (Å²) in [4.78, 5) is 22.8. The van der Waals surface area contributed by atoms with E-state index in [4.69, 9.17) is 9.84 Å². The first-order valence-electron chi connectivity index (χ1n) is 8.37. The molecule has 2 aromatic rings. The molecule has 2 rings (SSSR count). The molecule has 0 aliphatic carbocycles. The van der Waals surface area contributed by atoms with Gasteiger partial charge in [-0.3, -0.25) is 9.59 Å². The summed E-state index contributed by atoms with van der Waals surface area (Å²) in [6, 6.07) is 10.5. The van der Waals surface area contributed by atoms with Crippen LogP contribution in [0.2, 0.25) is 0 Å². The number of amides is 1. The first kappa shape index (κ1) is 21.9. The number of hydrogen-bond donors (Lipinski definition) is 2. The number of rotatable bonds is 7. The highest BCUT2D eigenvalue weighted by Crippen LogP contribution is 2.35. The molecule has 0 aliphatic rings. The Labute approximate surface area is 179 Å². The fraction of sp³-hybridized carbons (Fsp3) is 0.250. The molecule has 2 aromatic carbocycles. The summed E-state index contributed by atoms with van der Waals surface area (Å²) in [5.74, 6) is -0.718. The molecular weight excluding hydrogens is 492 g/mol. The van der Waals surface area contributed by atoms with Gasteiger partial charge in [0.2, 0.25) is 5.91 Å². The van der Waals surface area contributed by atoms with Crippen LogP contribution in [0.15, 0.2) is 39.3 Å². The third-order valence-corrected chi connectivity index (χ3v) is 4.89. The van der Waals surface area contributed by atoms with Crippen LogP contribution in [-0.4, -0.2) is 17.0 Å². The minimum absolute atomic E-state index is 0.0966. The van der Waals surface area contributed by atoms with Crippen molar-refractivity contribution in [2.45, 2.75) is 26.9 Å². The summed E-state index contributed by atoms with van der Waals surface area (Å²) >= 11 is 6.79. The number of nitrogens with one attached hydrogen (secondary N) is 1. The molecule has 8 heteroatoms. The van der Waals surface area contributed by atoms with Crippen molar-refractivity contribution >= 4 is 49.4 Å². The van der Waals surface area contributed by atoms with E-state index in [2.05, 4.69) is 43.2 Å². The number of nitriles is 1. The average molecular weight is 510 g/mol. The van der Waals surface area contributed by atoms with Crippen LogP contribution in [-0.2, 0) is 22.6 Å². The molecule has 0 heterocycles. The molecule has 0 spiro atoms. The van der Waals surface area contributed by atoms with Gasteiger partial charge in [-0.25, -0.2) is 0 Å². The van der Waals surface area contributed by atoms with Crippen molar-refractivity contribution in [2.24, 2.45) is 5.92 Å². The van der Waals surface area contributed by atoms with Crippen LogP contribution in [0.1, 0.15) is 30.5 Å². The second-order valence-electron chi connectivity index (χ2n) is 6.42. The summed E-state index contributed by atoms with van der Waals surface area (Å²) in [5.41, 5.74) is 2.29. The van der Waals surface area contributed by atoms with E-state index in [-0.39, 0.29) is 24.9 Å². The van der Waals surface area contributed by atoms with Crippen LogP contribution in [0.4, 0.5) is 5.69 Å². The van der Waals surface area contributed by atoms with Crippen LogP contribution < -0.4 is 10.1 Å². The highest BCUT2D eigenvalue weighted by atomic mass is 79.9. The maximum Gasteiger partial charge on any atom is 0.307 e. The molecule has 0 bridgehead atoms. The first-order valence-corrected chi connectivity index (χ1v) is 9.95. The lowest BCUT2D eigenvalue weighted by molar-refractivity contribution is -0.136. The Bertz CT molecular complexity index is 929. The van der Waals surface area contributed by atoms with Gasteiger partial charge in [-0.05, 0) is 73.3 Å². The van der Waals surface area contributed by atoms with E-state index in [9.17, 15) is 14.9 Å². The van der Waals surface area contributed by atoms with Gasteiger partial charge in [-0.15, -0.1) is 0 Å². The molecular formula is C20H18Br2N2O4. The number of anilines is 1. The number of ether oxygens (including phenoxy) is 1. The molecule has 6 nitrogen and oxygen atoms in total. The maximum atomic E-state index is 11.9. The van der Waals surface area contributed by atoms with Gasteiger partial charge in [-0.1, -0.05) is 13.8 Å². The van der Waals surface area contributed by atoms with E-state index in [0.717, 1.165) is 0 Å². The number of halogens is 2. The zero-order valence-corrected chi connectivity index (χ0v) is 18.4. The molecule has 0 saturated heterocycles. The Balaban J connectivity index is 2.21. The van der Waals surface area contributed by atoms with Gasteiger partial charge in [0.05, 0.1) is 27.0 Å². The minimum Gasteiger partial charge on any atom is -0.487 e. The van der Waals surface area contributed by atoms with Gasteiger partial charge in [-0.2, -0.15) is 5.26 Å². The number of carboxylic acid groups (broad SMARTS) is 1. The van der Waals surface area contributed by atoms with Crippen molar-refractivity contribution in [2.75, 3.05) is 5.32 Å². The molecule has 0 fully saturated rings. The third kappa shape index (κ3) is 6.08. The van der Waals surface area contributed by atoms with E-state index < -0.39 is 5.97 Å². The molecule has 0 radical (unpaired) electrons. The summed E-state index contributed by atoms with van der Waals surface area (Å²) in [6.45, 7) is 3.74. The second kappa shape index (κ2) is 9.71. The zero-order chi connectivity index (χ0) is 20.8. The smallest absolute Gasteiger partial charge is 0.307 e. The Morgan fingerprint density at radius 3 is 2.32 bits per heavy atom. The lowest BCUT2D eigenvalue weighted by Gasteiger charge is -2.14. The Kier molecular flexibility index (Phi) is 7.61. The van der Waals surface area contributed by atoms with E-state index >= 15 is 0 Å². The molecule has 2 N–H and O–H groups in total. The van der Waals surface area contributed by atoms with Gasteiger partial charge in [0.25, 0.3) is 0 Å². The molecule has 1 amide bonds.